The van der Waals surface area contributed by atoms with Gasteiger partial charge in [0.25, 0.3) is 0 Å². The van der Waals surface area contributed by atoms with Crippen molar-refractivity contribution in [2.75, 3.05) is 18.5 Å². The topological polar surface area (TPSA) is 39.9 Å². The standard InChI is InChI=1S/C13H15N3.C3H4/c1-3-4-5-6-9-16(2)13-10-12(11-14)7-8-15-13;1-3-2/h4,7-8,10H,1,5-6,9H2,2H3;1H,2H3. The minimum atomic E-state index is 0.642. The van der Waals surface area contributed by atoms with E-state index in [0.29, 0.717) is 5.56 Å². The molecule has 0 spiro atoms. The van der Waals surface area contributed by atoms with Crippen LogP contribution in [0.25, 0.3) is 0 Å². The molecule has 0 atom stereocenters. The highest BCUT2D eigenvalue weighted by molar-refractivity contribution is 5.44. The van der Waals surface area contributed by atoms with E-state index >= 15 is 0 Å². The number of hydrogen-bond donors (Lipinski definition) is 0. The summed E-state index contributed by atoms with van der Waals surface area (Å²) < 4.78 is 0. The quantitative estimate of drug-likeness (QED) is 0.460. The van der Waals surface area contributed by atoms with E-state index in [9.17, 15) is 0 Å². The number of allylic oxidation sites excluding steroid dienone is 1. The number of terminal acetylenes is 1. The first-order chi connectivity index (χ1) is 9.19. The highest BCUT2D eigenvalue weighted by atomic mass is 15.2. The Hall–Kier alpha value is -2.48. The molecule has 0 fully saturated rings. The lowest BCUT2D eigenvalue weighted by molar-refractivity contribution is 0.792. The third-order valence-corrected chi connectivity index (χ3v) is 2.25. The van der Waals surface area contributed by atoms with Gasteiger partial charge in [0.05, 0.1) is 11.6 Å². The van der Waals surface area contributed by atoms with Gasteiger partial charge in [-0.15, -0.1) is 18.1 Å². The minimum absolute atomic E-state index is 0.642. The van der Waals surface area contributed by atoms with Gasteiger partial charge in [-0.2, -0.15) is 5.26 Å². The zero-order chi connectivity index (χ0) is 14.5. The molecule has 1 aromatic rings. The molecule has 0 aliphatic carbocycles. The maximum Gasteiger partial charge on any atom is 0.129 e. The van der Waals surface area contributed by atoms with Crippen molar-refractivity contribution in [3.63, 3.8) is 0 Å². The van der Waals surface area contributed by atoms with E-state index < -0.39 is 0 Å². The molecule has 0 unspecified atom stereocenters. The molecular weight excluding hydrogens is 234 g/mol. The number of anilines is 1. The summed E-state index contributed by atoms with van der Waals surface area (Å²) in [6, 6.07) is 5.61. The average Bonchev–Trinajstić information content (AvgIpc) is 2.44. The summed E-state index contributed by atoms with van der Waals surface area (Å²) in [5.41, 5.74) is 3.39. The fourth-order valence-corrected chi connectivity index (χ4v) is 1.34. The molecule has 0 aromatic carbocycles. The molecule has 3 nitrogen and oxygen atoms in total. The van der Waals surface area contributed by atoms with Crippen molar-refractivity contribution in [1.82, 2.24) is 4.98 Å². The zero-order valence-corrected chi connectivity index (χ0v) is 11.6. The van der Waals surface area contributed by atoms with Gasteiger partial charge in [0, 0.05) is 19.8 Å². The summed E-state index contributed by atoms with van der Waals surface area (Å²) in [5.74, 6) is 3.08. The van der Waals surface area contributed by atoms with Crippen molar-refractivity contribution >= 4 is 5.82 Å². The van der Waals surface area contributed by atoms with Crippen molar-refractivity contribution in [2.45, 2.75) is 19.8 Å². The van der Waals surface area contributed by atoms with E-state index in [2.05, 4.69) is 35.7 Å². The highest BCUT2D eigenvalue weighted by Crippen LogP contribution is 2.11. The molecule has 1 heterocycles. The monoisotopic (exact) mass is 253 g/mol. The van der Waals surface area contributed by atoms with Crippen LogP contribution >= 0.6 is 0 Å². The van der Waals surface area contributed by atoms with E-state index in [1.54, 1.807) is 25.3 Å². The Morgan fingerprint density at radius 1 is 1.58 bits per heavy atom. The molecule has 0 aliphatic rings. The van der Waals surface area contributed by atoms with Gasteiger partial charge in [0.2, 0.25) is 0 Å². The van der Waals surface area contributed by atoms with Crippen molar-refractivity contribution in [3.8, 4) is 18.4 Å². The van der Waals surface area contributed by atoms with Crippen molar-refractivity contribution in [3.05, 3.63) is 42.3 Å². The number of nitriles is 1. The third-order valence-electron chi connectivity index (χ3n) is 2.25. The van der Waals surface area contributed by atoms with Gasteiger partial charge >= 0.3 is 0 Å². The maximum absolute atomic E-state index is 8.77. The molecule has 1 aromatic heterocycles. The normalized spacial score (nSPS) is 8.00. The molecule has 1 rings (SSSR count). The van der Waals surface area contributed by atoms with Crippen LogP contribution in [0.2, 0.25) is 0 Å². The molecule has 0 radical (unpaired) electrons. The third kappa shape index (κ3) is 7.45. The number of hydrogen-bond acceptors (Lipinski definition) is 3. The second kappa shape index (κ2) is 10.7. The molecule has 0 N–H and O–H groups in total. The molecule has 0 saturated carbocycles. The Morgan fingerprint density at radius 3 is 2.84 bits per heavy atom. The van der Waals surface area contributed by atoms with E-state index in [4.69, 9.17) is 5.26 Å². The van der Waals surface area contributed by atoms with Gasteiger partial charge in [-0.1, -0.05) is 6.58 Å². The fraction of sp³-hybridized carbons (Fsp3) is 0.312. The Bertz CT molecular complexity index is 499. The predicted molar refractivity (Wildman–Crippen MR) is 79.7 cm³/mol. The summed E-state index contributed by atoms with van der Waals surface area (Å²) in [6.45, 7) is 6.07. The Kier molecular flexibility index (Phi) is 9.27. The maximum atomic E-state index is 8.77. The minimum Gasteiger partial charge on any atom is -0.360 e. The Labute approximate surface area is 115 Å². The Balaban J connectivity index is 0.000000982. The lowest BCUT2D eigenvalue weighted by Crippen LogP contribution is -2.19. The molecule has 98 valence electrons. The van der Waals surface area contributed by atoms with E-state index in [1.807, 2.05) is 18.0 Å². The number of aromatic nitrogens is 1. The number of nitrogens with zero attached hydrogens (tertiary/aromatic N) is 3. The summed E-state index contributed by atoms with van der Waals surface area (Å²) in [7, 11) is 1.97. The molecule has 0 amide bonds. The Morgan fingerprint density at radius 2 is 2.26 bits per heavy atom. The molecule has 3 heteroatoms. The largest absolute Gasteiger partial charge is 0.360 e. The smallest absolute Gasteiger partial charge is 0.129 e. The number of rotatable bonds is 5. The summed E-state index contributed by atoms with van der Waals surface area (Å²) >= 11 is 0. The van der Waals surface area contributed by atoms with Crippen LogP contribution in [-0.4, -0.2) is 18.6 Å². The lowest BCUT2D eigenvalue weighted by Gasteiger charge is -2.17. The van der Waals surface area contributed by atoms with Gasteiger partial charge in [-0.3, -0.25) is 0 Å². The van der Waals surface area contributed by atoms with Crippen LogP contribution in [0.3, 0.4) is 0 Å². The predicted octanol–water partition coefficient (Wildman–Crippen LogP) is 3.15. The van der Waals surface area contributed by atoms with Gasteiger partial charge in [0.1, 0.15) is 5.82 Å². The SMILES string of the molecule is C#CC.C=C=CCCCN(C)c1cc(C#N)ccn1. The van der Waals surface area contributed by atoms with Crippen LogP contribution in [0.5, 0.6) is 0 Å². The number of pyridine rings is 1. The lowest BCUT2D eigenvalue weighted by atomic mass is 10.2. The first-order valence-corrected chi connectivity index (χ1v) is 5.98. The fourth-order valence-electron chi connectivity index (χ4n) is 1.34. The molecule has 19 heavy (non-hydrogen) atoms. The zero-order valence-electron chi connectivity index (χ0n) is 11.6. The van der Waals surface area contributed by atoms with Gasteiger partial charge < -0.3 is 4.90 Å². The first-order valence-electron chi connectivity index (χ1n) is 5.98. The summed E-state index contributed by atoms with van der Waals surface area (Å²) in [6.07, 6.45) is 10.2. The van der Waals surface area contributed by atoms with Crippen LogP contribution in [0.15, 0.2) is 36.7 Å². The van der Waals surface area contributed by atoms with Gasteiger partial charge in [-0.25, -0.2) is 4.98 Å². The molecule has 0 aliphatic heterocycles. The van der Waals surface area contributed by atoms with Crippen LogP contribution in [0.4, 0.5) is 5.82 Å². The van der Waals surface area contributed by atoms with Crippen LogP contribution < -0.4 is 4.90 Å². The second-order valence-electron chi connectivity index (χ2n) is 3.78. The van der Waals surface area contributed by atoms with Crippen molar-refractivity contribution < 1.29 is 0 Å². The van der Waals surface area contributed by atoms with Crippen LogP contribution in [0, 0.1) is 23.7 Å². The molecule has 0 bridgehead atoms. The van der Waals surface area contributed by atoms with E-state index in [1.165, 1.54) is 0 Å². The number of unbranched alkanes of at least 4 members (excludes halogenated alkanes) is 1. The first kappa shape index (κ1) is 16.5. The second-order valence-corrected chi connectivity index (χ2v) is 3.78. The highest BCUT2D eigenvalue weighted by Gasteiger charge is 2.02. The molecule has 0 saturated heterocycles. The van der Waals surface area contributed by atoms with Gasteiger partial charge in [-0.05, 0) is 38.0 Å². The van der Waals surface area contributed by atoms with Gasteiger partial charge in [0.15, 0.2) is 0 Å². The van der Waals surface area contributed by atoms with Crippen molar-refractivity contribution in [2.24, 2.45) is 0 Å². The average molecular weight is 253 g/mol. The van der Waals surface area contributed by atoms with Crippen LogP contribution in [0.1, 0.15) is 25.3 Å². The summed E-state index contributed by atoms with van der Waals surface area (Å²) in [5, 5.41) is 8.77. The van der Waals surface area contributed by atoms with E-state index in [0.717, 1.165) is 25.2 Å². The summed E-state index contributed by atoms with van der Waals surface area (Å²) in [4.78, 5) is 6.26. The van der Waals surface area contributed by atoms with Crippen LogP contribution in [-0.2, 0) is 0 Å². The molecular formula is C16H19N3. The van der Waals surface area contributed by atoms with E-state index in [-0.39, 0.29) is 0 Å². The van der Waals surface area contributed by atoms with Crippen molar-refractivity contribution in [1.29, 1.82) is 5.26 Å².